The maximum atomic E-state index is 12.2. The molecular formula is C27H25F3N6O2S. The normalized spacial score (nSPS) is 15.5. The Bertz CT molecular complexity index is 1370. The number of hydrogen-bond acceptors (Lipinski definition) is 6. The highest BCUT2D eigenvalue weighted by atomic mass is 32.2. The number of anilines is 1. The van der Waals surface area contributed by atoms with Crippen molar-refractivity contribution in [1.82, 2.24) is 0 Å². The number of alkyl halides is 3. The number of halogens is 3. The SMILES string of the molecule is CCOc1ccccc1N1CCS/C1=N\N=C\c1ccc(C(N)=NC=Nc2ccc(OC(F)(F)F)cc2)cc1. The van der Waals surface area contributed by atoms with E-state index in [1.807, 2.05) is 43.3 Å². The van der Waals surface area contributed by atoms with E-state index >= 15 is 0 Å². The number of hydrogen-bond donors (Lipinski definition) is 1. The molecule has 1 heterocycles. The molecule has 2 N–H and O–H groups in total. The Morgan fingerprint density at radius 3 is 2.51 bits per heavy atom. The molecule has 1 fully saturated rings. The fourth-order valence-electron chi connectivity index (χ4n) is 3.52. The first-order valence-corrected chi connectivity index (χ1v) is 12.9. The van der Waals surface area contributed by atoms with Crippen LogP contribution >= 0.6 is 11.8 Å². The Morgan fingerprint density at radius 2 is 1.79 bits per heavy atom. The molecule has 0 atom stereocenters. The van der Waals surface area contributed by atoms with E-state index in [0.717, 1.165) is 34.5 Å². The molecule has 0 unspecified atom stereocenters. The van der Waals surface area contributed by atoms with Crippen LogP contribution in [0.5, 0.6) is 11.5 Å². The number of nitrogens with two attached hydrogens (primary N) is 1. The zero-order chi connectivity index (χ0) is 27.7. The highest BCUT2D eigenvalue weighted by molar-refractivity contribution is 8.14. The summed E-state index contributed by atoms with van der Waals surface area (Å²) in [5.41, 5.74) is 8.89. The second kappa shape index (κ2) is 13.0. The molecule has 0 radical (unpaired) electrons. The fraction of sp³-hybridized carbons (Fsp3) is 0.185. The van der Waals surface area contributed by atoms with Gasteiger partial charge in [0.2, 0.25) is 0 Å². The van der Waals surface area contributed by atoms with Gasteiger partial charge in [-0.1, -0.05) is 48.2 Å². The second-order valence-corrected chi connectivity index (χ2v) is 9.01. The molecule has 0 aliphatic carbocycles. The largest absolute Gasteiger partial charge is 0.573 e. The van der Waals surface area contributed by atoms with Gasteiger partial charge < -0.3 is 20.1 Å². The van der Waals surface area contributed by atoms with Crippen LogP contribution in [0, 0.1) is 0 Å². The lowest BCUT2D eigenvalue weighted by atomic mass is 10.1. The van der Waals surface area contributed by atoms with Crippen LogP contribution in [0.15, 0.2) is 93.0 Å². The van der Waals surface area contributed by atoms with Crippen molar-refractivity contribution in [2.75, 3.05) is 23.8 Å². The summed E-state index contributed by atoms with van der Waals surface area (Å²) in [4.78, 5) is 10.3. The lowest BCUT2D eigenvalue weighted by Gasteiger charge is -2.20. The van der Waals surface area contributed by atoms with Gasteiger partial charge in [0.05, 0.1) is 24.2 Å². The summed E-state index contributed by atoms with van der Waals surface area (Å²) in [7, 11) is 0. The Kier molecular flexibility index (Phi) is 9.21. The van der Waals surface area contributed by atoms with Crippen LogP contribution in [-0.2, 0) is 0 Å². The lowest BCUT2D eigenvalue weighted by molar-refractivity contribution is -0.274. The van der Waals surface area contributed by atoms with Crippen molar-refractivity contribution in [3.63, 3.8) is 0 Å². The predicted molar refractivity (Wildman–Crippen MR) is 151 cm³/mol. The van der Waals surface area contributed by atoms with E-state index in [2.05, 4.69) is 29.8 Å². The van der Waals surface area contributed by atoms with E-state index in [1.165, 1.54) is 30.6 Å². The third-order valence-corrected chi connectivity index (χ3v) is 6.21. The lowest BCUT2D eigenvalue weighted by Crippen LogP contribution is -2.24. The van der Waals surface area contributed by atoms with Crippen molar-refractivity contribution in [1.29, 1.82) is 0 Å². The molecule has 0 bridgehead atoms. The molecule has 0 aromatic heterocycles. The van der Waals surface area contributed by atoms with Crippen LogP contribution in [0.4, 0.5) is 24.5 Å². The molecule has 39 heavy (non-hydrogen) atoms. The third-order valence-electron chi connectivity index (χ3n) is 5.26. The van der Waals surface area contributed by atoms with Gasteiger partial charge in [-0.3, -0.25) is 0 Å². The highest BCUT2D eigenvalue weighted by Gasteiger charge is 2.31. The zero-order valence-corrected chi connectivity index (χ0v) is 21.7. The van der Waals surface area contributed by atoms with Crippen molar-refractivity contribution in [2.45, 2.75) is 13.3 Å². The van der Waals surface area contributed by atoms with Crippen LogP contribution < -0.4 is 20.1 Å². The van der Waals surface area contributed by atoms with Gasteiger partial charge in [-0.05, 0) is 48.9 Å². The van der Waals surface area contributed by atoms with Gasteiger partial charge in [-0.2, -0.15) is 5.10 Å². The molecule has 8 nitrogen and oxygen atoms in total. The van der Waals surface area contributed by atoms with Gasteiger partial charge in [-0.15, -0.1) is 18.3 Å². The summed E-state index contributed by atoms with van der Waals surface area (Å²) in [6.07, 6.45) is -1.86. The molecule has 1 saturated heterocycles. The number of para-hydroxylation sites is 2. The van der Waals surface area contributed by atoms with Crippen LogP contribution in [-0.4, -0.2) is 48.8 Å². The van der Waals surface area contributed by atoms with Gasteiger partial charge in [0.15, 0.2) is 5.17 Å². The molecule has 4 rings (SSSR count). The number of aliphatic imine (C=N–C) groups is 2. The van der Waals surface area contributed by atoms with Gasteiger partial charge >= 0.3 is 6.36 Å². The monoisotopic (exact) mass is 554 g/mol. The first-order valence-electron chi connectivity index (χ1n) is 11.9. The highest BCUT2D eigenvalue weighted by Crippen LogP contribution is 2.33. The number of nitrogens with zero attached hydrogens (tertiary/aromatic N) is 5. The van der Waals surface area contributed by atoms with E-state index in [-0.39, 0.29) is 11.6 Å². The van der Waals surface area contributed by atoms with Gasteiger partial charge in [0, 0.05) is 17.9 Å². The fourth-order valence-corrected chi connectivity index (χ4v) is 4.42. The molecule has 0 amide bonds. The van der Waals surface area contributed by atoms with E-state index in [9.17, 15) is 13.2 Å². The molecule has 0 spiro atoms. The molecule has 0 saturated carbocycles. The summed E-state index contributed by atoms with van der Waals surface area (Å²) in [6, 6.07) is 20.2. The van der Waals surface area contributed by atoms with E-state index in [4.69, 9.17) is 10.5 Å². The Labute approximate surface area is 227 Å². The topological polar surface area (TPSA) is 97.2 Å². The van der Waals surface area contributed by atoms with E-state index < -0.39 is 6.36 Å². The zero-order valence-electron chi connectivity index (χ0n) is 20.9. The van der Waals surface area contributed by atoms with Crippen molar-refractivity contribution in [3.8, 4) is 11.5 Å². The summed E-state index contributed by atoms with van der Waals surface area (Å²) >= 11 is 1.63. The minimum absolute atomic E-state index is 0.227. The first kappa shape index (κ1) is 27.7. The number of amidine groups is 2. The Morgan fingerprint density at radius 1 is 1.05 bits per heavy atom. The standard InChI is InChI=1S/C27H25F3N6O2S/c1-2-37-24-6-4-3-5-23(24)36-15-16-39-26(36)35-34-17-19-7-9-20(10-8-19)25(31)33-18-32-21-11-13-22(14-12-21)38-27(28,29)30/h3-14,17-18H,2,15-16H2,1H3,(H2,31,32,33)/b34-17+,35-26-. The molecule has 1 aliphatic heterocycles. The number of ether oxygens (including phenoxy) is 2. The summed E-state index contributed by atoms with van der Waals surface area (Å²) in [6.45, 7) is 3.35. The smallest absolute Gasteiger partial charge is 0.492 e. The van der Waals surface area contributed by atoms with Crippen LogP contribution in [0.1, 0.15) is 18.1 Å². The maximum absolute atomic E-state index is 12.2. The molecule has 3 aromatic carbocycles. The minimum atomic E-state index is -4.74. The molecule has 202 valence electrons. The van der Waals surface area contributed by atoms with Gasteiger partial charge in [-0.25, -0.2) is 9.98 Å². The van der Waals surface area contributed by atoms with E-state index in [1.54, 1.807) is 30.1 Å². The number of rotatable bonds is 9. The minimum Gasteiger partial charge on any atom is -0.492 e. The predicted octanol–water partition coefficient (Wildman–Crippen LogP) is 5.99. The van der Waals surface area contributed by atoms with Crippen molar-refractivity contribution < 1.29 is 22.6 Å². The molecule has 3 aromatic rings. The van der Waals surface area contributed by atoms with Crippen molar-refractivity contribution >= 4 is 46.7 Å². The summed E-state index contributed by atoms with van der Waals surface area (Å²) in [5.74, 6) is 1.62. The number of benzene rings is 3. The summed E-state index contributed by atoms with van der Waals surface area (Å²) < 4.78 is 46.3. The Balaban J connectivity index is 1.36. The first-order chi connectivity index (χ1) is 18.8. The van der Waals surface area contributed by atoms with Gasteiger partial charge in [0.1, 0.15) is 23.7 Å². The quantitative estimate of drug-likeness (QED) is 0.199. The summed E-state index contributed by atoms with van der Waals surface area (Å²) in [5, 5.41) is 9.48. The third kappa shape index (κ3) is 8.08. The van der Waals surface area contributed by atoms with Crippen molar-refractivity contribution in [2.24, 2.45) is 25.9 Å². The van der Waals surface area contributed by atoms with Crippen LogP contribution in [0.2, 0.25) is 0 Å². The molecule has 1 aliphatic rings. The molecular weight excluding hydrogens is 529 g/mol. The average molecular weight is 555 g/mol. The maximum Gasteiger partial charge on any atom is 0.573 e. The molecule has 12 heteroatoms. The van der Waals surface area contributed by atoms with E-state index in [0.29, 0.717) is 17.9 Å². The van der Waals surface area contributed by atoms with Crippen LogP contribution in [0.25, 0.3) is 0 Å². The number of thioether (sulfide) groups is 1. The second-order valence-electron chi connectivity index (χ2n) is 7.95. The average Bonchev–Trinajstić information content (AvgIpc) is 3.38. The van der Waals surface area contributed by atoms with Crippen molar-refractivity contribution in [3.05, 3.63) is 83.9 Å². The Hall–Kier alpha value is -4.32. The van der Waals surface area contributed by atoms with Gasteiger partial charge in [0.25, 0.3) is 0 Å². The van der Waals surface area contributed by atoms with Crippen LogP contribution in [0.3, 0.4) is 0 Å².